The van der Waals surface area contributed by atoms with Crippen LogP contribution in [0, 0.1) is 0 Å². The van der Waals surface area contributed by atoms with Gasteiger partial charge in [-0.3, -0.25) is 4.99 Å². The lowest BCUT2D eigenvalue weighted by Crippen LogP contribution is -2.38. The Kier molecular flexibility index (Phi) is 8.22. The topological polar surface area (TPSA) is 45.7 Å². The molecule has 0 radical (unpaired) electrons. The molecule has 1 fully saturated rings. The Balaban J connectivity index is 0.00000225. The summed E-state index contributed by atoms with van der Waals surface area (Å²) < 4.78 is 5.36. The molecule has 1 aliphatic heterocycles. The minimum atomic E-state index is 0. The van der Waals surface area contributed by atoms with E-state index in [1.54, 1.807) is 0 Å². The summed E-state index contributed by atoms with van der Waals surface area (Å²) in [5.74, 6) is 0.937. The standard InChI is InChI=1S/C20H29N3O.HI/c1-2-21-19(22-13-8-17-9-14-24-15-10-17)23-16-20(11-12-20)18-6-4-3-5-7-18;/h3-7,9H,2,8,10-16H2,1H3,(H2,21,22,23);1H. The molecule has 25 heavy (non-hydrogen) atoms. The second-order valence-corrected chi connectivity index (χ2v) is 6.71. The summed E-state index contributed by atoms with van der Waals surface area (Å²) in [6.07, 6.45) is 6.83. The van der Waals surface area contributed by atoms with Crippen LogP contribution in [0.5, 0.6) is 0 Å². The minimum Gasteiger partial charge on any atom is -0.377 e. The number of guanidine groups is 1. The van der Waals surface area contributed by atoms with E-state index in [1.165, 1.54) is 24.0 Å². The summed E-state index contributed by atoms with van der Waals surface area (Å²) in [6.45, 7) is 6.42. The van der Waals surface area contributed by atoms with Crippen molar-refractivity contribution in [3.63, 3.8) is 0 Å². The van der Waals surface area contributed by atoms with Crippen LogP contribution >= 0.6 is 24.0 Å². The second-order valence-electron chi connectivity index (χ2n) is 6.71. The van der Waals surface area contributed by atoms with E-state index in [4.69, 9.17) is 9.73 Å². The average molecular weight is 455 g/mol. The van der Waals surface area contributed by atoms with Crippen LogP contribution in [-0.4, -0.2) is 38.8 Å². The number of nitrogens with one attached hydrogen (secondary N) is 2. The van der Waals surface area contributed by atoms with E-state index >= 15 is 0 Å². The Labute approximate surface area is 168 Å². The highest BCUT2D eigenvalue weighted by atomic mass is 127. The van der Waals surface area contributed by atoms with Crippen LogP contribution in [0.4, 0.5) is 0 Å². The Morgan fingerprint density at radius 2 is 2.00 bits per heavy atom. The van der Waals surface area contributed by atoms with Crippen molar-refractivity contribution in [1.29, 1.82) is 0 Å². The lowest BCUT2D eigenvalue weighted by Gasteiger charge is -2.17. The largest absolute Gasteiger partial charge is 0.377 e. The molecule has 1 aromatic rings. The molecular weight excluding hydrogens is 425 g/mol. The van der Waals surface area contributed by atoms with Gasteiger partial charge in [-0.1, -0.05) is 42.0 Å². The van der Waals surface area contributed by atoms with Crippen molar-refractivity contribution in [2.45, 2.75) is 38.0 Å². The molecule has 0 amide bonds. The van der Waals surface area contributed by atoms with Crippen LogP contribution in [0.15, 0.2) is 47.0 Å². The third kappa shape index (κ3) is 5.99. The molecule has 1 saturated carbocycles. The van der Waals surface area contributed by atoms with E-state index in [0.717, 1.165) is 51.6 Å². The van der Waals surface area contributed by atoms with Crippen molar-refractivity contribution in [2.24, 2.45) is 4.99 Å². The maximum absolute atomic E-state index is 5.36. The summed E-state index contributed by atoms with van der Waals surface area (Å²) in [6, 6.07) is 10.8. The SMILES string of the molecule is CCNC(=NCC1(c2ccccc2)CC1)NCCC1=CCOCC1.I. The van der Waals surface area contributed by atoms with Crippen LogP contribution in [0.2, 0.25) is 0 Å². The summed E-state index contributed by atoms with van der Waals surface area (Å²) in [7, 11) is 0. The molecule has 0 bridgehead atoms. The molecule has 2 N–H and O–H groups in total. The van der Waals surface area contributed by atoms with Crippen LogP contribution < -0.4 is 10.6 Å². The lowest BCUT2D eigenvalue weighted by atomic mass is 9.96. The zero-order chi connectivity index (χ0) is 16.7. The van der Waals surface area contributed by atoms with E-state index in [-0.39, 0.29) is 29.4 Å². The molecule has 0 atom stereocenters. The molecule has 0 unspecified atom stereocenters. The molecule has 4 nitrogen and oxygen atoms in total. The number of benzene rings is 1. The Morgan fingerprint density at radius 1 is 1.20 bits per heavy atom. The number of aliphatic imine (C=N–C) groups is 1. The fourth-order valence-corrected chi connectivity index (χ4v) is 3.19. The van der Waals surface area contributed by atoms with E-state index in [9.17, 15) is 0 Å². The van der Waals surface area contributed by atoms with Crippen molar-refractivity contribution >= 4 is 29.9 Å². The zero-order valence-corrected chi connectivity index (χ0v) is 17.4. The first-order valence-electron chi connectivity index (χ1n) is 9.16. The maximum atomic E-state index is 5.36. The van der Waals surface area contributed by atoms with E-state index < -0.39 is 0 Å². The summed E-state index contributed by atoms with van der Waals surface area (Å²) in [4.78, 5) is 4.86. The van der Waals surface area contributed by atoms with Crippen molar-refractivity contribution in [2.75, 3.05) is 32.8 Å². The molecule has 1 heterocycles. The van der Waals surface area contributed by atoms with Gasteiger partial charge in [-0.05, 0) is 38.2 Å². The van der Waals surface area contributed by atoms with Crippen LogP contribution in [0.1, 0.15) is 38.2 Å². The number of nitrogens with zero attached hydrogens (tertiary/aromatic N) is 1. The highest BCUT2D eigenvalue weighted by Gasteiger charge is 2.43. The monoisotopic (exact) mass is 455 g/mol. The molecule has 3 rings (SSSR count). The Morgan fingerprint density at radius 3 is 2.64 bits per heavy atom. The van der Waals surface area contributed by atoms with Crippen molar-refractivity contribution < 1.29 is 4.74 Å². The molecule has 5 heteroatoms. The lowest BCUT2D eigenvalue weighted by molar-refractivity contribution is 0.153. The Bertz CT molecular complexity index is 582. The van der Waals surface area contributed by atoms with Gasteiger partial charge in [0.25, 0.3) is 0 Å². The number of ether oxygens (including phenoxy) is 1. The molecule has 1 aromatic carbocycles. The highest BCUT2D eigenvalue weighted by molar-refractivity contribution is 14.0. The smallest absolute Gasteiger partial charge is 0.191 e. The first-order chi connectivity index (χ1) is 11.8. The average Bonchev–Trinajstić information content (AvgIpc) is 3.43. The molecule has 2 aliphatic rings. The van der Waals surface area contributed by atoms with Crippen molar-refractivity contribution in [3.8, 4) is 0 Å². The summed E-state index contributed by atoms with van der Waals surface area (Å²) in [5, 5.41) is 6.84. The van der Waals surface area contributed by atoms with Gasteiger partial charge in [0.1, 0.15) is 0 Å². The van der Waals surface area contributed by atoms with Gasteiger partial charge in [0.05, 0.1) is 19.8 Å². The third-order valence-electron chi connectivity index (χ3n) is 4.92. The van der Waals surface area contributed by atoms with Gasteiger partial charge in [0.2, 0.25) is 0 Å². The molecule has 138 valence electrons. The predicted octanol–water partition coefficient (Wildman–Crippen LogP) is 3.63. The first kappa shape index (κ1) is 20.2. The van der Waals surface area contributed by atoms with E-state index in [2.05, 4.69) is 54.0 Å². The quantitative estimate of drug-likeness (QED) is 0.286. The van der Waals surface area contributed by atoms with E-state index in [0.29, 0.717) is 0 Å². The van der Waals surface area contributed by atoms with E-state index in [1.807, 2.05) is 0 Å². The number of hydrogen-bond acceptors (Lipinski definition) is 2. The molecular formula is C20H30IN3O. The summed E-state index contributed by atoms with van der Waals surface area (Å²) in [5.41, 5.74) is 3.19. The van der Waals surface area contributed by atoms with Gasteiger partial charge < -0.3 is 15.4 Å². The number of halogens is 1. The van der Waals surface area contributed by atoms with Crippen LogP contribution in [0.25, 0.3) is 0 Å². The van der Waals surface area contributed by atoms with Crippen molar-refractivity contribution in [1.82, 2.24) is 10.6 Å². The van der Waals surface area contributed by atoms with Gasteiger partial charge in [-0.25, -0.2) is 0 Å². The van der Waals surface area contributed by atoms with Gasteiger partial charge >= 0.3 is 0 Å². The normalized spacial score (nSPS) is 18.8. The molecule has 0 aromatic heterocycles. The number of hydrogen-bond donors (Lipinski definition) is 2. The van der Waals surface area contributed by atoms with Gasteiger partial charge in [-0.15, -0.1) is 24.0 Å². The fourth-order valence-electron chi connectivity index (χ4n) is 3.19. The van der Waals surface area contributed by atoms with Crippen LogP contribution in [0.3, 0.4) is 0 Å². The first-order valence-corrected chi connectivity index (χ1v) is 9.16. The molecule has 1 aliphatic carbocycles. The van der Waals surface area contributed by atoms with Gasteiger partial charge in [0.15, 0.2) is 5.96 Å². The van der Waals surface area contributed by atoms with Crippen molar-refractivity contribution in [3.05, 3.63) is 47.5 Å². The predicted molar refractivity (Wildman–Crippen MR) is 115 cm³/mol. The Hall–Kier alpha value is -1.08. The fraction of sp³-hybridized carbons (Fsp3) is 0.550. The van der Waals surface area contributed by atoms with Crippen LogP contribution in [-0.2, 0) is 10.2 Å². The van der Waals surface area contributed by atoms with Gasteiger partial charge in [-0.2, -0.15) is 0 Å². The minimum absolute atomic E-state index is 0. The highest BCUT2D eigenvalue weighted by Crippen LogP contribution is 2.48. The zero-order valence-electron chi connectivity index (χ0n) is 15.1. The second kappa shape index (κ2) is 10.2. The molecule has 0 spiro atoms. The maximum Gasteiger partial charge on any atom is 0.191 e. The number of rotatable bonds is 7. The summed E-state index contributed by atoms with van der Waals surface area (Å²) >= 11 is 0. The molecule has 0 saturated heterocycles. The third-order valence-corrected chi connectivity index (χ3v) is 4.92. The van der Waals surface area contributed by atoms with Gasteiger partial charge in [0, 0.05) is 18.5 Å².